The van der Waals surface area contributed by atoms with Crippen LogP contribution in [0.1, 0.15) is 36.8 Å². The fraction of sp³-hybridized carbons (Fsp3) is 0.524. The molecule has 0 radical (unpaired) electrons. The first-order valence-corrected chi connectivity index (χ1v) is 9.77. The monoisotopic (exact) mass is 451 g/mol. The number of halogens is 6. The topological polar surface area (TPSA) is 75.7 Å². The molecule has 1 fully saturated rings. The van der Waals surface area contributed by atoms with Crippen molar-refractivity contribution in [3.05, 3.63) is 41.5 Å². The number of aliphatic hydroxyl groups excluding tert-OH is 2. The second-order valence-electron chi connectivity index (χ2n) is 7.98. The zero-order valence-corrected chi connectivity index (χ0v) is 16.4. The maximum Gasteiger partial charge on any atom is 0.420 e. The van der Waals surface area contributed by atoms with Gasteiger partial charge in [-0.05, 0) is 54.2 Å². The van der Waals surface area contributed by atoms with Crippen LogP contribution >= 0.6 is 0 Å². The lowest BCUT2D eigenvalue weighted by Crippen LogP contribution is -2.44. The fourth-order valence-corrected chi connectivity index (χ4v) is 3.93. The first kappa shape index (κ1) is 23.6. The molecule has 0 saturated heterocycles. The van der Waals surface area contributed by atoms with Crippen molar-refractivity contribution in [2.24, 2.45) is 11.7 Å². The van der Waals surface area contributed by atoms with E-state index in [-0.39, 0.29) is 42.0 Å². The van der Waals surface area contributed by atoms with E-state index in [2.05, 4.69) is 0 Å². The minimum absolute atomic E-state index is 0.0150. The summed E-state index contributed by atoms with van der Waals surface area (Å²) in [5.41, 5.74) is 3.62. The third-order valence-corrected chi connectivity index (χ3v) is 5.84. The Balaban J connectivity index is 1.94. The summed E-state index contributed by atoms with van der Waals surface area (Å²) >= 11 is 0. The number of ether oxygens (including phenoxy) is 1. The van der Waals surface area contributed by atoms with E-state index >= 15 is 0 Å². The summed E-state index contributed by atoms with van der Waals surface area (Å²) in [6.45, 7) is -1.22. The number of alkyl halides is 6. The van der Waals surface area contributed by atoms with E-state index in [0.717, 1.165) is 6.07 Å². The minimum Gasteiger partial charge on any atom is -0.490 e. The predicted molar refractivity (Wildman–Crippen MR) is 101 cm³/mol. The van der Waals surface area contributed by atoms with Crippen LogP contribution in [0.2, 0.25) is 0 Å². The SMILES string of the molecule is NC(CO)(CO)c1ccc2c(C(F)(F)F)c(OC3CCC(C(F)(F)F)CC3)ccc2c1. The molecule has 0 atom stereocenters. The minimum atomic E-state index is -4.77. The molecule has 1 saturated carbocycles. The van der Waals surface area contributed by atoms with Crippen LogP contribution in [0.15, 0.2) is 30.3 Å². The van der Waals surface area contributed by atoms with E-state index in [4.69, 9.17) is 10.5 Å². The molecule has 2 aromatic rings. The van der Waals surface area contributed by atoms with Crippen LogP contribution in [0, 0.1) is 5.92 Å². The van der Waals surface area contributed by atoms with Crippen molar-refractivity contribution < 1.29 is 41.3 Å². The first-order valence-electron chi connectivity index (χ1n) is 9.77. The van der Waals surface area contributed by atoms with Crippen LogP contribution in [-0.2, 0) is 11.7 Å². The van der Waals surface area contributed by atoms with Gasteiger partial charge in [-0.1, -0.05) is 18.2 Å². The Morgan fingerprint density at radius 2 is 1.52 bits per heavy atom. The van der Waals surface area contributed by atoms with Gasteiger partial charge >= 0.3 is 12.4 Å². The van der Waals surface area contributed by atoms with Crippen molar-refractivity contribution in [3.63, 3.8) is 0 Å². The lowest BCUT2D eigenvalue weighted by Gasteiger charge is -2.31. The van der Waals surface area contributed by atoms with Gasteiger partial charge in [-0.2, -0.15) is 26.3 Å². The Bertz CT molecular complexity index is 916. The molecule has 0 heterocycles. The van der Waals surface area contributed by atoms with Gasteiger partial charge in [0.1, 0.15) is 11.3 Å². The molecule has 10 heteroatoms. The summed E-state index contributed by atoms with van der Waals surface area (Å²) in [4.78, 5) is 0. The van der Waals surface area contributed by atoms with E-state index < -0.39 is 54.4 Å². The third-order valence-electron chi connectivity index (χ3n) is 5.84. The van der Waals surface area contributed by atoms with Crippen LogP contribution in [0.3, 0.4) is 0 Å². The Kier molecular flexibility index (Phi) is 6.46. The van der Waals surface area contributed by atoms with Gasteiger partial charge in [-0.15, -0.1) is 0 Å². The summed E-state index contributed by atoms with van der Waals surface area (Å²) in [5.74, 6) is -1.90. The summed E-state index contributed by atoms with van der Waals surface area (Å²) < 4.78 is 85.7. The van der Waals surface area contributed by atoms with Gasteiger partial charge in [0, 0.05) is 0 Å². The molecule has 0 aliphatic heterocycles. The molecular weight excluding hydrogens is 428 g/mol. The first-order chi connectivity index (χ1) is 14.4. The maximum absolute atomic E-state index is 13.9. The average molecular weight is 451 g/mol. The lowest BCUT2D eigenvalue weighted by atomic mass is 9.87. The van der Waals surface area contributed by atoms with E-state index in [0.29, 0.717) is 0 Å². The number of benzene rings is 2. The number of fused-ring (bicyclic) bond motifs is 1. The van der Waals surface area contributed by atoms with Crippen molar-refractivity contribution in [2.75, 3.05) is 13.2 Å². The van der Waals surface area contributed by atoms with Crippen LogP contribution in [-0.4, -0.2) is 35.7 Å². The van der Waals surface area contributed by atoms with E-state index in [1.165, 1.54) is 24.3 Å². The van der Waals surface area contributed by atoms with Crippen LogP contribution in [0.25, 0.3) is 10.8 Å². The zero-order valence-electron chi connectivity index (χ0n) is 16.4. The quantitative estimate of drug-likeness (QED) is 0.586. The van der Waals surface area contributed by atoms with Gasteiger partial charge < -0.3 is 20.7 Å². The smallest absolute Gasteiger partial charge is 0.420 e. The van der Waals surface area contributed by atoms with Gasteiger partial charge in [0.05, 0.1) is 30.8 Å². The third kappa shape index (κ3) is 4.91. The molecule has 172 valence electrons. The Hall–Kier alpha value is -2.04. The van der Waals surface area contributed by atoms with Gasteiger partial charge in [-0.25, -0.2) is 0 Å². The largest absolute Gasteiger partial charge is 0.490 e. The number of hydrogen-bond donors (Lipinski definition) is 3. The lowest BCUT2D eigenvalue weighted by molar-refractivity contribution is -0.185. The highest BCUT2D eigenvalue weighted by molar-refractivity contribution is 5.89. The second-order valence-corrected chi connectivity index (χ2v) is 7.98. The Morgan fingerprint density at radius 1 is 0.903 bits per heavy atom. The fourth-order valence-electron chi connectivity index (χ4n) is 3.93. The van der Waals surface area contributed by atoms with Crippen molar-refractivity contribution in [1.29, 1.82) is 0 Å². The van der Waals surface area contributed by atoms with Gasteiger partial charge in [0.15, 0.2) is 0 Å². The molecule has 3 rings (SSSR count). The molecule has 4 nitrogen and oxygen atoms in total. The normalized spacial score (nSPS) is 20.8. The molecule has 0 amide bonds. The predicted octanol–water partition coefficient (Wildman–Crippen LogP) is 4.50. The molecule has 2 aromatic carbocycles. The molecule has 0 spiro atoms. The van der Waals surface area contributed by atoms with Gasteiger partial charge in [0.25, 0.3) is 0 Å². The van der Waals surface area contributed by atoms with Gasteiger partial charge in [0.2, 0.25) is 0 Å². The number of aliphatic hydroxyl groups is 2. The molecular formula is C21H23F6NO3. The molecule has 1 aliphatic rings. The molecule has 4 N–H and O–H groups in total. The highest BCUT2D eigenvalue weighted by Crippen LogP contribution is 2.44. The highest BCUT2D eigenvalue weighted by atomic mass is 19.4. The highest BCUT2D eigenvalue weighted by Gasteiger charge is 2.43. The Morgan fingerprint density at radius 3 is 2.03 bits per heavy atom. The Labute approximate surface area is 174 Å². The standard InChI is InChI=1S/C21H23F6NO3/c22-20(23,24)13-2-5-15(6-3-13)31-17-8-1-12-9-14(19(28,10-29)11-30)4-7-16(12)18(17)21(25,26)27/h1,4,7-9,13,15,29-30H,2-3,5-6,10-11,28H2. The summed E-state index contributed by atoms with van der Waals surface area (Å²) in [7, 11) is 0. The summed E-state index contributed by atoms with van der Waals surface area (Å²) in [6, 6.07) is 6.37. The molecule has 0 bridgehead atoms. The maximum atomic E-state index is 13.9. The van der Waals surface area contributed by atoms with E-state index in [9.17, 15) is 36.6 Å². The molecule has 1 aliphatic carbocycles. The molecule has 0 unspecified atom stereocenters. The number of hydrogen-bond acceptors (Lipinski definition) is 4. The zero-order chi connectivity index (χ0) is 23.0. The van der Waals surface area contributed by atoms with Crippen molar-refractivity contribution in [3.8, 4) is 5.75 Å². The van der Waals surface area contributed by atoms with Crippen LogP contribution in [0.4, 0.5) is 26.3 Å². The number of nitrogens with two attached hydrogens (primary N) is 1. The van der Waals surface area contributed by atoms with Crippen LogP contribution in [0.5, 0.6) is 5.75 Å². The second kappa shape index (κ2) is 8.48. The van der Waals surface area contributed by atoms with Crippen molar-refractivity contribution >= 4 is 10.8 Å². The van der Waals surface area contributed by atoms with Crippen LogP contribution < -0.4 is 10.5 Å². The molecule has 31 heavy (non-hydrogen) atoms. The van der Waals surface area contributed by atoms with Crippen molar-refractivity contribution in [2.45, 2.75) is 49.7 Å². The van der Waals surface area contributed by atoms with E-state index in [1.54, 1.807) is 0 Å². The van der Waals surface area contributed by atoms with E-state index in [1.807, 2.05) is 0 Å². The van der Waals surface area contributed by atoms with Gasteiger partial charge in [-0.3, -0.25) is 0 Å². The molecule has 0 aromatic heterocycles. The van der Waals surface area contributed by atoms with Crippen molar-refractivity contribution in [1.82, 2.24) is 0 Å². The average Bonchev–Trinajstić information content (AvgIpc) is 2.71. The number of rotatable bonds is 5. The summed E-state index contributed by atoms with van der Waals surface area (Å²) in [6.07, 6.45) is -10.2. The summed E-state index contributed by atoms with van der Waals surface area (Å²) in [5, 5.41) is 18.9.